The molecule has 112 valence electrons. The third-order valence-corrected chi connectivity index (χ3v) is 4.50. The van der Waals surface area contributed by atoms with Crippen LogP contribution >= 0.6 is 0 Å². The SMILES string of the molecule is CS(=O)(=O)c1c(-c2ccccc2)c2cc(F)ccc2[nH]c1=O. The quantitative estimate of drug-likeness (QED) is 0.790. The summed E-state index contributed by atoms with van der Waals surface area (Å²) in [5.41, 5.74) is 0.448. The topological polar surface area (TPSA) is 67.0 Å². The van der Waals surface area contributed by atoms with Gasteiger partial charge in [0.15, 0.2) is 9.84 Å². The molecular weight excluding hydrogens is 305 g/mol. The molecule has 0 aliphatic rings. The van der Waals surface area contributed by atoms with Crippen molar-refractivity contribution in [1.29, 1.82) is 0 Å². The van der Waals surface area contributed by atoms with Gasteiger partial charge in [-0.3, -0.25) is 4.79 Å². The van der Waals surface area contributed by atoms with E-state index < -0.39 is 21.2 Å². The van der Waals surface area contributed by atoms with Crippen molar-refractivity contribution >= 4 is 20.7 Å². The van der Waals surface area contributed by atoms with Crippen LogP contribution in [0.3, 0.4) is 0 Å². The van der Waals surface area contributed by atoms with Crippen LogP contribution < -0.4 is 5.56 Å². The van der Waals surface area contributed by atoms with Crippen molar-refractivity contribution in [2.45, 2.75) is 4.90 Å². The van der Waals surface area contributed by atoms with Crippen LogP contribution in [0.5, 0.6) is 0 Å². The molecule has 3 rings (SSSR count). The van der Waals surface area contributed by atoms with Gasteiger partial charge >= 0.3 is 0 Å². The highest BCUT2D eigenvalue weighted by Crippen LogP contribution is 2.32. The van der Waals surface area contributed by atoms with Crippen LogP contribution in [0.1, 0.15) is 0 Å². The number of sulfone groups is 1. The highest BCUT2D eigenvalue weighted by molar-refractivity contribution is 7.90. The average molecular weight is 317 g/mol. The summed E-state index contributed by atoms with van der Waals surface area (Å²) < 4.78 is 37.7. The van der Waals surface area contributed by atoms with Crippen molar-refractivity contribution in [2.24, 2.45) is 0 Å². The molecule has 1 aromatic heterocycles. The van der Waals surface area contributed by atoms with Gasteiger partial charge in [-0.25, -0.2) is 12.8 Å². The van der Waals surface area contributed by atoms with E-state index in [-0.39, 0.29) is 10.5 Å². The second-order valence-electron chi connectivity index (χ2n) is 4.99. The molecule has 22 heavy (non-hydrogen) atoms. The van der Waals surface area contributed by atoms with Crippen LogP contribution in [0.25, 0.3) is 22.0 Å². The minimum Gasteiger partial charge on any atom is -0.321 e. The summed E-state index contributed by atoms with van der Waals surface area (Å²) in [6.45, 7) is 0. The first kappa shape index (κ1) is 14.5. The van der Waals surface area contributed by atoms with Gasteiger partial charge in [-0.05, 0) is 23.8 Å². The number of H-pyrrole nitrogens is 1. The molecule has 0 saturated heterocycles. The largest absolute Gasteiger partial charge is 0.321 e. The molecule has 0 aliphatic carbocycles. The number of aromatic nitrogens is 1. The number of hydrogen-bond donors (Lipinski definition) is 1. The number of fused-ring (bicyclic) bond motifs is 1. The lowest BCUT2D eigenvalue weighted by molar-refractivity contribution is 0.601. The lowest BCUT2D eigenvalue weighted by atomic mass is 10.0. The monoisotopic (exact) mass is 317 g/mol. The van der Waals surface area contributed by atoms with Crippen molar-refractivity contribution < 1.29 is 12.8 Å². The van der Waals surface area contributed by atoms with Crippen LogP contribution in [-0.2, 0) is 9.84 Å². The molecule has 1 N–H and O–H groups in total. The number of benzene rings is 2. The number of hydrogen-bond acceptors (Lipinski definition) is 3. The molecule has 0 bridgehead atoms. The first-order valence-electron chi connectivity index (χ1n) is 6.49. The molecule has 3 aromatic rings. The van der Waals surface area contributed by atoms with E-state index in [1.807, 2.05) is 0 Å². The zero-order chi connectivity index (χ0) is 15.9. The van der Waals surface area contributed by atoms with Gasteiger partial charge in [0, 0.05) is 22.7 Å². The van der Waals surface area contributed by atoms with Gasteiger partial charge in [-0.2, -0.15) is 0 Å². The number of aromatic amines is 1. The zero-order valence-corrected chi connectivity index (χ0v) is 12.4. The van der Waals surface area contributed by atoms with Crippen molar-refractivity contribution in [1.82, 2.24) is 4.98 Å². The van der Waals surface area contributed by atoms with Gasteiger partial charge in [0.05, 0.1) is 0 Å². The Morgan fingerprint density at radius 3 is 2.36 bits per heavy atom. The lowest BCUT2D eigenvalue weighted by Gasteiger charge is -2.11. The summed E-state index contributed by atoms with van der Waals surface area (Å²) in [7, 11) is -3.78. The molecule has 0 aliphatic heterocycles. The van der Waals surface area contributed by atoms with Gasteiger partial charge in [0.25, 0.3) is 5.56 Å². The molecule has 0 radical (unpaired) electrons. The minimum atomic E-state index is -3.78. The lowest BCUT2D eigenvalue weighted by Crippen LogP contribution is -2.18. The first-order valence-corrected chi connectivity index (χ1v) is 8.38. The fourth-order valence-electron chi connectivity index (χ4n) is 2.49. The van der Waals surface area contributed by atoms with E-state index >= 15 is 0 Å². The molecule has 0 atom stereocenters. The maximum atomic E-state index is 13.6. The summed E-state index contributed by atoms with van der Waals surface area (Å²) in [6, 6.07) is 12.5. The predicted molar refractivity (Wildman–Crippen MR) is 83.1 cm³/mol. The van der Waals surface area contributed by atoms with Gasteiger partial charge in [0.1, 0.15) is 10.7 Å². The summed E-state index contributed by atoms with van der Waals surface area (Å²) >= 11 is 0. The Labute approximate surface area is 126 Å². The third kappa shape index (κ3) is 2.42. The first-order chi connectivity index (χ1) is 10.4. The fourth-order valence-corrected chi connectivity index (χ4v) is 3.48. The van der Waals surface area contributed by atoms with Crippen LogP contribution in [0.4, 0.5) is 4.39 Å². The van der Waals surface area contributed by atoms with E-state index in [0.717, 1.165) is 6.26 Å². The molecule has 0 fully saturated rings. The van der Waals surface area contributed by atoms with Crippen LogP contribution in [0, 0.1) is 5.82 Å². The minimum absolute atomic E-state index is 0.223. The maximum Gasteiger partial charge on any atom is 0.267 e. The van der Waals surface area contributed by atoms with E-state index in [1.54, 1.807) is 30.3 Å². The van der Waals surface area contributed by atoms with Gasteiger partial charge in [-0.1, -0.05) is 30.3 Å². The third-order valence-electron chi connectivity index (χ3n) is 3.37. The van der Waals surface area contributed by atoms with Crippen LogP contribution in [0.15, 0.2) is 58.2 Å². The molecule has 4 nitrogen and oxygen atoms in total. The van der Waals surface area contributed by atoms with E-state index in [4.69, 9.17) is 0 Å². The fraction of sp³-hybridized carbons (Fsp3) is 0.0625. The number of pyridine rings is 1. The Bertz CT molecular complexity index is 1020. The molecule has 0 saturated carbocycles. The Kier molecular flexibility index (Phi) is 3.33. The number of rotatable bonds is 2. The van der Waals surface area contributed by atoms with Gasteiger partial charge in [-0.15, -0.1) is 0 Å². The van der Waals surface area contributed by atoms with Crippen LogP contribution in [-0.4, -0.2) is 19.7 Å². The van der Waals surface area contributed by atoms with E-state index in [9.17, 15) is 17.6 Å². The van der Waals surface area contributed by atoms with Crippen molar-refractivity contribution in [2.75, 3.05) is 6.26 Å². The molecule has 0 spiro atoms. The number of nitrogens with one attached hydrogen (secondary N) is 1. The smallest absolute Gasteiger partial charge is 0.267 e. The van der Waals surface area contributed by atoms with Gasteiger partial charge < -0.3 is 4.98 Å². The number of halogens is 1. The molecule has 2 aromatic carbocycles. The summed E-state index contributed by atoms with van der Waals surface area (Å²) in [6.07, 6.45) is 0.967. The van der Waals surface area contributed by atoms with Crippen LogP contribution in [0.2, 0.25) is 0 Å². The van der Waals surface area contributed by atoms with E-state index in [1.165, 1.54) is 18.2 Å². The molecule has 1 heterocycles. The summed E-state index contributed by atoms with van der Waals surface area (Å²) in [4.78, 5) is 14.4. The Morgan fingerprint density at radius 2 is 1.73 bits per heavy atom. The van der Waals surface area contributed by atoms with E-state index in [0.29, 0.717) is 16.5 Å². The van der Waals surface area contributed by atoms with Crippen molar-refractivity contribution in [3.8, 4) is 11.1 Å². The average Bonchev–Trinajstić information content (AvgIpc) is 2.46. The Hall–Kier alpha value is -2.47. The molecule has 0 unspecified atom stereocenters. The zero-order valence-electron chi connectivity index (χ0n) is 11.6. The Morgan fingerprint density at radius 1 is 1.05 bits per heavy atom. The van der Waals surface area contributed by atoms with E-state index in [2.05, 4.69) is 4.98 Å². The second kappa shape index (κ2) is 5.06. The normalized spacial score (nSPS) is 11.7. The summed E-state index contributed by atoms with van der Waals surface area (Å²) in [5.74, 6) is -0.504. The molecule has 6 heteroatoms. The van der Waals surface area contributed by atoms with Gasteiger partial charge in [0.2, 0.25) is 0 Å². The predicted octanol–water partition coefficient (Wildman–Crippen LogP) is 2.74. The maximum absolute atomic E-state index is 13.6. The summed E-state index contributed by atoms with van der Waals surface area (Å²) in [5, 5.41) is 0.353. The Balaban J connectivity index is 2.59. The standard InChI is InChI=1S/C16H12FNO3S/c1-22(20,21)15-14(10-5-3-2-4-6-10)12-9-11(17)7-8-13(12)18-16(15)19/h2-9H,1H3,(H,18,19). The highest BCUT2D eigenvalue weighted by atomic mass is 32.2. The van der Waals surface area contributed by atoms with Crippen molar-refractivity contribution in [3.63, 3.8) is 0 Å². The van der Waals surface area contributed by atoms with Crippen molar-refractivity contribution in [3.05, 3.63) is 64.7 Å². The second-order valence-corrected chi connectivity index (χ2v) is 6.94. The molecular formula is C16H12FNO3S. The highest BCUT2D eigenvalue weighted by Gasteiger charge is 2.22. The molecule has 0 amide bonds.